The van der Waals surface area contributed by atoms with E-state index in [-0.39, 0.29) is 11.8 Å². The van der Waals surface area contributed by atoms with Gasteiger partial charge in [-0.05, 0) is 61.6 Å². The van der Waals surface area contributed by atoms with Crippen molar-refractivity contribution in [3.05, 3.63) is 65.2 Å². The average Bonchev–Trinajstić information content (AvgIpc) is 3.21. The van der Waals surface area contributed by atoms with Gasteiger partial charge in [0.1, 0.15) is 0 Å². The maximum absolute atomic E-state index is 12.8. The molecule has 2 aromatic rings. The highest BCUT2D eigenvalue weighted by Crippen LogP contribution is 2.30. The third-order valence-electron chi connectivity index (χ3n) is 5.10. The monoisotopic (exact) mass is 334 g/mol. The molecule has 4 nitrogen and oxygen atoms in total. The molecule has 2 heterocycles. The van der Waals surface area contributed by atoms with E-state index < -0.39 is 0 Å². The van der Waals surface area contributed by atoms with Gasteiger partial charge in [0.25, 0.3) is 11.8 Å². The highest BCUT2D eigenvalue weighted by molar-refractivity contribution is 6.07. The number of nitrogens with zero attached hydrogens (tertiary/aromatic N) is 2. The molecular formula is C21H22N2O2. The van der Waals surface area contributed by atoms with E-state index in [1.807, 2.05) is 58.3 Å². The first-order chi connectivity index (χ1) is 12.2. The Hall–Kier alpha value is -2.62. The second kappa shape index (κ2) is 6.71. The first kappa shape index (κ1) is 15.9. The zero-order chi connectivity index (χ0) is 17.2. The Morgan fingerprint density at radius 3 is 2.28 bits per heavy atom. The number of anilines is 1. The number of carbonyl (C=O) groups excluding carboxylic acids is 2. The lowest BCUT2D eigenvalue weighted by Crippen LogP contribution is -2.35. The predicted molar refractivity (Wildman–Crippen MR) is 98.0 cm³/mol. The van der Waals surface area contributed by atoms with Crippen LogP contribution in [0.2, 0.25) is 0 Å². The van der Waals surface area contributed by atoms with Crippen LogP contribution in [0.15, 0.2) is 48.5 Å². The van der Waals surface area contributed by atoms with E-state index in [1.165, 1.54) is 0 Å². The summed E-state index contributed by atoms with van der Waals surface area (Å²) >= 11 is 0. The molecule has 1 fully saturated rings. The highest BCUT2D eigenvalue weighted by Gasteiger charge is 2.26. The minimum absolute atomic E-state index is 0.0279. The van der Waals surface area contributed by atoms with Crippen LogP contribution in [-0.4, -0.2) is 36.3 Å². The quantitative estimate of drug-likeness (QED) is 0.843. The highest BCUT2D eigenvalue weighted by atomic mass is 16.2. The van der Waals surface area contributed by atoms with Gasteiger partial charge in [-0.25, -0.2) is 0 Å². The van der Waals surface area contributed by atoms with E-state index in [0.717, 1.165) is 62.1 Å². The predicted octanol–water partition coefficient (Wildman–Crippen LogP) is 3.52. The second-order valence-electron chi connectivity index (χ2n) is 6.77. The Labute approximate surface area is 148 Å². The van der Waals surface area contributed by atoms with Crippen molar-refractivity contribution in [1.29, 1.82) is 0 Å². The molecular weight excluding hydrogens is 312 g/mol. The zero-order valence-electron chi connectivity index (χ0n) is 14.3. The molecule has 0 saturated carbocycles. The maximum atomic E-state index is 12.8. The Morgan fingerprint density at radius 2 is 1.52 bits per heavy atom. The summed E-state index contributed by atoms with van der Waals surface area (Å²) in [7, 11) is 0. The number of benzene rings is 2. The summed E-state index contributed by atoms with van der Waals surface area (Å²) in [6, 6.07) is 15.2. The summed E-state index contributed by atoms with van der Waals surface area (Å²) in [6.07, 6.45) is 4.02. The molecule has 4 heteroatoms. The molecule has 0 aromatic heterocycles. The average molecular weight is 334 g/mol. The van der Waals surface area contributed by atoms with Crippen molar-refractivity contribution >= 4 is 17.5 Å². The summed E-state index contributed by atoms with van der Waals surface area (Å²) in [5, 5.41) is 0. The third-order valence-corrected chi connectivity index (χ3v) is 5.10. The number of aryl methyl sites for hydroxylation is 1. The topological polar surface area (TPSA) is 40.6 Å². The zero-order valence-corrected chi connectivity index (χ0v) is 14.3. The minimum atomic E-state index is 0.0279. The molecule has 0 unspecified atom stereocenters. The molecule has 4 rings (SSSR count). The molecule has 2 aromatic carbocycles. The van der Waals surface area contributed by atoms with Gasteiger partial charge >= 0.3 is 0 Å². The van der Waals surface area contributed by atoms with Gasteiger partial charge in [0.2, 0.25) is 0 Å². The van der Waals surface area contributed by atoms with Gasteiger partial charge in [-0.15, -0.1) is 0 Å². The molecule has 25 heavy (non-hydrogen) atoms. The number of hydrogen-bond donors (Lipinski definition) is 0. The first-order valence-electron chi connectivity index (χ1n) is 9.03. The molecule has 0 N–H and O–H groups in total. The van der Waals surface area contributed by atoms with E-state index >= 15 is 0 Å². The number of fused-ring (bicyclic) bond motifs is 1. The van der Waals surface area contributed by atoms with Crippen LogP contribution in [-0.2, 0) is 6.42 Å². The van der Waals surface area contributed by atoms with Crippen LogP contribution in [0.5, 0.6) is 0 Å². The fourth-order valence-corrected chi connectivity index (χ4v) is 3.78. The summed E-state index contributed by atoms with van der Waals surface area (Å²) in [6.45, 7) is 2.43. The largest absolute Gasteiger partial charge is 0.339 e. The number of likely N-dealkylation sites (tertiary alicyclic amines) is 1. The summed E-state index contributed by atoms with van der Waals surface area (Å²) in [5.74, 6) is 0.145. The Kier molecular flexibility index (Phi) is 4.26. The lowest BCUT2D eigenvalue weighted by molar-refractivity contribution is 0.0792. The Balaban J connectivity index is 1.62. The van der Waals surface area contributed by atoms with Gasteiger partial charge in [-0.3, -0.25) is 9.59 Å². The SMILES string of the molecule is O=C(c1ccc2c(c1)CCCN2C(=O)c1ccccc1)N1CCCC1. The van der Waals surface area contributed by atoms with Gasteiger partial charge < -0.3 is 9.80 Å². The van der Waals surface area contributed by atoms with Crippen LogP contribution in [0.1, 0.15) is 45.5 Å². The molecule has 0 bridgehead atoms. The molecule has 2 amide bonds. The lowest BCUT2D eigenvalue weighted by Gasteiger charge is -2.30. The molecule has 0 spiro atoms. The fourth-order valence-electron chi connectivity index (χ4n) is 3.78. The minimum Gasteiger partial charge on any atom is -0.339 e. The third kappa shape index (κ3) is 3.04. The van der Waals surface area contributed by atoms with Gasteiger partial charge in [0.15, 0.2) is 0 Å². The second-order valence-corrected chi connectivity index (χ2v) is 6.77. The van der Waals surface area contributed by atoms with Crippen molar-refractivity contribution in [2.24, 2.45) is 0 Å². The van der Waals surface area contributed by atoms with Crippen LogP contribution in [0.3, 0.4) is 0 Å². The van der Waals surface area contributed by atoms with Crippen molar-refractivity contribution in [1.82, 2.24) is 4.90 Å². The smallest absolute Gasteiger partial charge is 0.258 e. The molecule has 0 atom stereocenters. The van der Waals surface area contributed by atoms with Gasteiger partial charge in [-0.1, -0.05) is 18.2 Å². The molecule has 128 valence electrons. The first-order valence-corrected chi connectivity index (χ1v) is 9.03. The van der Waals surface area contributed by atoms with E-state index in [4.69, 9.17) is 0 Å². The van der Waals surface area contributed by atoms with E-state index in [1.54, 1.807) is 0 Å². The van der Waals surface area contributed by atoms with Crippen LogP contribution >= 0.6 is 0 Å². The van der Waals surface area contributed by atoms with Gasteiger partial charge in [0.05, 0.1) is 0 Å². The summed E-state index contributed by atoms with van der Waals surface area (Å²) < 4.78 is 0. The van der Waals surface area contributed by atoms with Crippen molar-refractivity contribution < 1.29 is 9.59 Å². The number of carbonyl (C=O) groups is 2. The van der Waals surface area contributed by atoms with Crippen LogP contribution in [0.25, 0.3) is 0 Å². The Morgan fingerprint density at radius 1 is 0.760 bits per heavy atom. The lowest BCUT2D eigenvalue weighted by atomic mass is 9.98. The van der Waals surface area contributed by atoms with Crippen LogP contribution in [0, 0.1) is 0 Å². The number of hydrogen-bond acceptors (Lipinski definition) is 2. The van der Waals surface area contributed by atoms with Crippen molar-refractivity contribution in [3.8, 4) is 0 Å². The van der Waals surface area contributed by atoms with E-state index in [0.29, 0.717) is 5.56 Å². The maximum Gasteiger partial charge on any atom is 0.258 e. The van der Waals surface area contributed by atoms with Crippen molar-refractivity contribution in [2.75, 3.05) is 24.5 Å². The molecule has 0 aliphatic carbocycles. The number of amides is 2. The summed E-state index contributed by atoms with van der Waals surface area (Å²) in [5.41, 5.74) is 3.49. The fraction of sp³-hybridized carbons (Fsp3) is 0.333. The van der Waals surface area contributed by atoms with Gasteiger partial charge in [-0.2, -0.15) is 0 Å². The Bertz CT molecular complexity index is 795. The van der Waals surface area contributed by atoms with E-state index in [9.17, 15) is 9.59 Å². The standard InChI is InChI=1S/C21H22N2O2/c24-20(22-12-4-5-13-22)18-10-11-19-17(15-18)9-6-14-23(19)21(25)16-7-2-1-3-8-16/h1-3,7-8,10-11,15H,4-6,9,12-14H2. The van der Waals surface area contributed by atoms with E-state index in [2.05, 4.69) is 0 Å². The molecule has 2 aliphatic rings. The van der Waals surface area contributed by atoms with Crippen molar-refractivity contribution in [3.63, 3.8) is 0 Å². The molecule has 2 aliphatic heterocycles. The van der Waals surface area contributed by atoms with Crippen LogP contribution in [0.4, 0.5) is 5.69 Å². The molecule has 1 saturated heterocycles. The van der Waals surface area contributed by atoms with Crippen molar-refractivity contribution in [2.45, 2.75) is 25.7 Å². The molecule has 0 radical (unpaired) electrons. The van der Waals surface area contributed by atoms with Gasteiger partial charge in [0, 0.05) is 36.4 Å². The summed E-state index contributed by atoms with van der Waals surface area (Å²) in [4.78, 5) is 29.2. The normalized spacial score (nSPS) is 16.6. The van der Waals surface area contributed by atoms with Crippen LogP contribution < -0.4 is 4.90 Å². The number of rotatable bonds is 2.